The van der Waals surface area contributed by atoms with Crippen LogP contribution in [0.4, 0.5) is 23.0 Å². The highest BCUT2D eigenvalue weighted by molar-refractivity contribution is 5.70. The van der Waals surface area contributed by atoms with Crippen molar-refractivity contribution in [2.24, 2.45) is 0 Å². The van der Waals surface area contributed by atoms with Gasteiger partial charge in [0.05, 0.1) is 24.4 Å². The van der Waals surface area contributed by atoms with Crippen LogP contribution in [0.25, 0.3) is 0 Å². The van der Waals surface area contributed by atoms with Crippen LogP contribution in [-0.4, -0.2) is 84.8 Å². The number of rotatable bonds is 5. The average Bonchev–Trinajstić information content (AvgIpc) is 3.48. The van der Waals surface area contributed by atoms with Crippen molar-refractivity contribution in [2.45, 2.75) is 37.4 Å². The van der Waals surface area contributed by atoms with Crippen molar-refractivity contribution in [3.63, 3.8) is 0 Å². The number of likely N-dealkylation sites (tertiary alicyclic amines) is 1. The van der Waals surface area contributed by atoms with E-state index in [0.29, 0.717) is 18.7 Å². The molecule has 1 N–H and O–H groups in total. The predicted octanol–water partition coefficient (Wildman–Crippen LogP) is 4.08. The van der Waals surface area contributed by atoms with Gasteiger partial charge in [0, 0.05) is 49.9 Å². The van der Waals surface area contributed by atoms with Crippen LogP contribution in [0.15, 0.2) is 60.9 Å². The van der Waals surface area contributed by atoms with Crippen molar-refractivity contribution in [3.05, 3.63) is 66.5 Å². The van der Waals surface area contributed by atoms with Gasteiger partial charge in [0.2, 0.25) is 0 Å². The molecule has 2 atom stereocenters. The van der Waals surface area contributed by atoms with Crippen molar-refractivity contribution >= 4 is 23.0 Å². The van der Waals surface area contributed by atoms with Crippen LogP contribution in [-0.2, 0) is 4.84 Å². The van der Waals surface area contributed by atoms with Gasteiger partial charge in [-0.2, -0.15) is 0 Å². The molecule has 1 aromatic heterocycles. The molecule has 4 aliphatic heterocycles. The molecule has 7 rings (SSSR count). The maximum atomic E-state index is 6.31. The third-order valence-electron chi connectivity index (χ3n) is 8.66. The molecule has 0 radical (unpaired) electrons. The number of anilines is 4. The molecule has 39 heavy (non-hydrogen) atoms. The number of aromatic nitrogens is 2. The lowest BCUT2D eigenvalue weighted by molar-refractivity contribution is 0.0868. The molecular weight excluding hydrogens is 490 g/mol. The summed E-state index contributed by atoms with van der Waals surface area (Å²) in [5.74, 6) is 2.41. The van der Waals surface area contributed by atoms with E-state index in [-0.39, 0.29) is 6.04 Å². The maximum Gasteiger partial charge on any atom is 0.158 e. The first-order valence-corrected chi connectivity index (χ1v) is 14.2. The summed E-state index contributed by atoms with van der Waals surface area (Å²) in [5.41, 5.74) is 3.36. The number of nitrogens with zero attached hydrogens (tertiary/aromatic N) is 6. The van der Waals surface area contributed by atoms with Crippen molar-refractivity contribution < 1.29 is 9.57 Å². The van der Waals surface area contributed by atoms with E-state index < -0.39 is 0 Å². The molecule has 4 aliphatic rings. The Kier molecular flexibility index (Phi) is 6.72. The van der Waals surface area contributed by atoms with Crippen LogP contribution >= 0.6 is 0 Å². The summed E-state index contributed by atoms with van der Waals surface area (Å²) in [5, 5.41) is 5.36. The largest absolute Gasteiger partial charge is 0.489 e. The minimum Gasteiger partial charge on any atom is -0.489 e. The normalized spacial score (nSPS) is 24.2. The van der Waals surface area contributed by atoms with Crippen LogP contribution in [0, 0.1) is 0 Å². The number of benzene rings is 2. The van der Waals surface area contributed by atoms with Gasteiger partial charge in [-0.3, -0.25) is 9.74 Å². The summed E-state index contributed by atoms with van der Waals surface area (Å²) in [6.45, 7) is 7.06. The van der Waals surface area contributed by atoms with E-state index in [4.69, 9.17) is 9.57 Å². The van der Waals surface area contributed by atoms with Gasteiger partial charge < -0.3 is 19.9 Å². The van der Waals surface area contributed by atoms with Crippen molar-refractivity contribution in [3.8, 4) is 5.75 Å². The van der Waals surface area contributed by atoms with Crippen LogP contribution < -0.4 is 20.0 Å². The number of piperazine rings is 1. The number of piperidine rings is 1. The summed E-state index contributed by atoms with van der Waals surface area (Å²) >= 11 is 0. The van der Waals surface area contributed by atoms with Gasteiger partial charge in [0.25, 0.3) is 0 Å². The van der Waals surface area contributed by atoms with Gasteiger partial charge in [-0.25, -0.2) is 15.0 Å². The summed E-state index contributed by atoms with van der Waals surface area (Å²) in [6, 6.07) is 20.0. The number of hydrogen-bond donors (Lipinski definition) is 1. The van der Waals surface area contributed by atoms with Crippen LogP contribution in [0.3, 0.4) is 0 Å². The number of nitrogens with one attached hydrogen (secondary N) is 1. The SMILES string of the molecule is CN1CCC(N2CCN3c4ccc(Nc5cc(N6OCC[C@@H]6c6ccccc6)ncn5)cc4OC[C@H]3C2)CC1. The Bertz CT molecular complexity index is 1280. The highest BCUT2D eigenvalue weighted by Crippen LogP contribution is 2.39. The molecular formula is C30H37N7O2. The Morgan fingerprint density at radius 2 is 1.77 bits per heavy atom. The third-order valence-corrected chi connectivity index (χ3v) is 8.66. The molecule has 0 unspecified atom stereocenters. The molecule has 3 fully saturated rings. The van der Waals surface area contributed by atoms with Crippen molar-refractivity contribution in [1.29, 1.82) is 0 Å². The van der Waals surface area contributed by atoms with Crippen LogP contribution in [0.2, 0.25) is 0 Å². The number of fused-ring (bicyclic) bond motifs is 3. The second-order valence-electron chi connectivity index (χ2n) is 11.1. The van der Waals surface area contributed by atoms with Gasteiger partial charge in [0.1, 0.15) is 24.5 Å². The average molecular weight is 528 g/mol. The zero-order valence-electron chi connectivity index (χ0n) is 22.6. The molecule has 0 spiro atoms. The minimum absolute atomic E-state index is 0.138. The van der Waals surface area contributed by atoms with E-state index in [1.54, 1.807) is 6.33 Å². The zero-order chi connectivity index (χ0) is 26.2. The van der Waals surface area contributed by atoms with E-state index in [9.17, 15) is 0 Å². The second kappa shape index (κ2) is 10.6. The molecule has 3 aromatic rings. The molecule has 2 aromatic carbocycles. The predicted molar refractivity (Wildman–Crippen MR) is 153 cm³/mol. The lowest BCUT2D eigenvalue weighted by atomic mass is 10.00. The number of hydrogen-bond acceptors (Lipinski definition) is 9. The first-order chi connectivity index (χ1) is 19.2. The van der Waals surface area contributed by atoms with E-state index in [1.807, 2.05) is 17.2 Å². The monoisotopic (exact) mass is 527 g/mol. The molecule has 9 nitrogen and oxygen atoms in total. The number of hydroxylamine groups is 1. The second-order valence-corrected chi connectivity index (χ2v) is 11.1. The summed E-state index contributed by atoms with van der Waals surface area (Å²) in [6.07, 6.45) is 5.06. The highest BCUT2D eigenvalue weighted by atomic mass is 16.7. The Morgan fingerprint density at radius 3 is 2.64 bits per heavy atom. The van der Waals surface area contributed by atoms with E-state index >= 15 is 0 Å². The fourth-order valence-electron chi connectivity index (χ4n) is 6.52. The fourth-order valence-corrected chi connectivity index (χ4v) is 6.52. The topological polar surface area (TPSA) is 69.2 Å². The summed E-state index contributed by atoms with van der Waals surface area (Å²) < 4.78 is 6.31. The smallest absolute Gasteiger partial charge is 0.158 e. The quantitative estimate of drug-likeness (QED) is 0.529. The summed E-state index contributed by atoms with van der Waals surface area (Å²) in [4.78, 5) is 22.7. The Balaban J connectivity index is 1.03. The standard InChI is InChI=1S/C30H37N7O2/c1-34-12-9-24(10-13-34)35-14-15-36-25(19-35)20-38-28-17-23(7-8-27(28)36)33-29-18-30(32-21-31-29)37-26(11-16-39-37)22-5-3-2-4-6-22/h2-8,17-18,21,24-26H,9-16,19-20H2,1H3,(H,31,32,33)/t25-,26-/m1/s1. The molecule has 0 bridgehead atoms. The van der Waals surface area contributed by atoms with Crippen molar-refractivity contribution in [2.75, 3.05) is 68.3 Å². The highest BCUT2D eigenvalue weighted by Gasteiger charge is 2.36. The van der Waals surface area contributed by atoms with E-state index in [0.717, 1.165) is 55.7 Å². The molecule has 3 saturated heterocycles. The fraction of sp³-hybridized carbons (Fsp3) is 0.467. The molecule has 204 valence electrons. The lowest BCUT2D eigenvalue weighted by Crippen LogP contribution is -2.60. The molecule has 9 heteroatoms. The molecule has 5 heterocycles. The van der Waals surface area contributed by atoms with Gasteiger partial charge in [-0.05, 0) is 50.7 Å². The van der Waals surface area contributed by atoms with Crippen LogP contribution in [0.1, 0.15) is 30.9 Å². The molecule has 0 amide bonds. The summed E-state index contributed by atoms with van der Waals surface area (Å²) in [7, 11) is 2.23. The lowest BCUT2D eigenvalue weighted by Gasteiger charge is -2.48. The van der Waals surface area contributed by atoms with E-state index in [1.165, 1.54) is 37.2 Å². The first-order valence-electron chi connectivity index (χ1n) is 14.2. The van der Waals surface area contributed by atoms with Gasteiger partial charge in [0.15, 0.2) is 5.82 Å². The van der Waals surface area contributed by atoms with Gasteiger partial charge >= 0.3 is 0 Å². The molecule has 0 saturated carbocycles. The Labute approximate surface area is 230 Å². The van der Waals surface area contributed by atoms with E-state index in [2.05, 4.69) is 79.5 Å². The van der Waals surface area contributed by atoms with Crippen LogP contribution in [0.5, 0.6) is 5.75 Å². The number of ether oxygens (including phenoxy) is 1. The minimum atomic E-state index is 0.138. The van der Waals surface area contributed by atoms with Gasteiger partial charge in [-0.1, -0.05) is 30.3 Å². The Hall–Kier alpha value is -3.40. The van der Waals surface area contributed by atoms with Gasteiger partial charge in [-0.15, -0.1) is 0 Å². The first kappa shape index (κ1) is 24.6. The third kappa shape index (κ3) is 5.02. The maximum absolute atomic E-state index is 6.31. The van der Waals surface area contributed by atoms with Crippen molar-refractivity contribution in [1.82, 2.24) is 19.8 Å². The zero-order valence-corrected chi connectivity index (χ0v) is 22.6. The Morgan fingerprint density at radius 1 is 0.897 bits per heavy atom. The molecule has 0 aliphatic carbocycles.